The number of fused-ring (bicyclic) bond motifs is 13. The summed E-state index contributed by atoms with van der Waals surface area (Å²) in [5.74, 6) is 0. The predicted octanol–water partition coefficient (Wildman–Crippen LogP) is 17.8. The van der Waals surface area contributed by atoms with Crippen molar-refractivity contribution in [2.45, 2.75) is 0 Å². The summed E-state index contributed by atoms with van der Waals surface area (Å²) in [5, 5.41) is 17.8. The third kappa shape index (κ3) is 9.46. The van der Waals surface area contributed by atoms with E-state index in [2.05, 4.69) is 448 Å². The van der Waals surface area contributed by atoms with E-state index in [-0.39, 0.29) is 6.71 Å². The van der Waals surface area contributed by atoms with Crippen molar-refractivity contribution in [1.82, 2.24) is 13.7 Å². The third-order valence-corrected chi connectivity index (χ3v) is 33.4. The van der Waals surface area contributed by atoms with Crippen LogP contribution in [0.25, 0.3) is 82.5 Å². The molecule has 0 saturated heterocycles. The van der Waals surface area contributed by atoms with Crippen LogP contribution in [-0.2, 0) is 0 Å². The van der Waals surface area contributed by atoms with Gasteiger partial charge in [-0.25, -0.2) is 0 Å². The van der Waals surface area contributed by atoms with Gasteiger partial charge in [-0.2, -0.15) is 0 Å². The number of aromatic nitrogens is 3. The van der Waals surface area contributed by atoms with Crippen molar-refractivity contribution < 1.29 is 0 Å². The highest BCUT2D eigenvalue weighted by molar-refractivity contribution is 7.20. The Morgan fingerprint density at radius 3 is 0.691 bits per heavy atom. The highest BCUT2D eigenvalue weighted by Crippen LogP contribution is 2.48. The number of hydrogen-bond acceptors (Lipinski definition) is 2. The van der Waals surface area contributed by atoms with Gasteiger partial charge >= 0.3 is 0 Å². The van der Waals surface area contributed by atoms with E-state index in [0.29, 0.717) is 0 Å². The van der Waals surface area contributed by atoms with E-state index in [9.17, 15) is 0 Å². The second-order valence-electron chi connectivity index (χ2n) is 29.4. The minimum atomic E-state index is -3.13. The zero-order valence-electron chi connectivity index (χ0n) is 60.2. The number of para-hydroxylation sites is 6. The van der Waals surface area contributed by atoms with Gasteiger partial charge in [0.2, 0.25) is 0 Å². The van der Waals surface area contributed by atoms with Gasteiger partial charge in [0.1, 0.15) is 0 Å². The lowest BCUT2D eigenvalue weighted by atomic mass is 9.33. The Kier molecular flexibility index (Phi) is 14.7. The van der Waals surface area contributed by atoms with Crippen molar-refractivity contribution in [3.63, 3.8) is 0 Å². The van der Waals surface area contributed by atoms with Crippen molar-refractivity contribution >= 4 is 180 Å². The molecule has 514 valence electrons. The molecule has 0 bridgehead atoms. The summed E-state index contributed by atoms with van der Waals surface area (Å²) in [6, 6.07) is 161. The molecule has 5 heterocycles. The summed E-state index contributed by atoms with van der Waals surface area (Å²) >= 11 is 0. The molecule has 0 spiro atoms. The molecule has 3 aromatic heterocycles. The summed E-state index contributed by atoms with van der Waals surface area (Å²) in [6.07, 6.45) is 0. The van der Waals surface area contributed by atoms with E-state index in [1.807, 2.05) is 0 Å². The van der Waals surface area contributed by atoms with Gasteiger partial charge in [0.05, 0.1) is 38.8 Å². The first-order valence-corrected chi connectivity index (χ1v) is 42.2. The van der Waals surface area contributed by atoms with Crippen LogP contribution in [0.2, 0.25) is 0 Å². The molecule has 0 saturated carbocycles. The molecular weight excluding hydrogens is 1360 g/mol. The molecule has 2 aliphatic heterocycles. The maximum absolute atomic E-state index is 3.13. The van der Waals surface area contributed by atoms with Crippen LogP contribution in [0.4, 0.5) is 34.1 Å². The number of anilines is 6. The van der Waals surface area contributed by atoms with Crippen LogP contribution in [0.3, 0.4) is 0 Å². The molecule has 2 aliphatic rings. The number of benzene rings is 17. The van der Waals surface area contributed by atoms with Crippen LogP contribution in [0.15, 0.2) is 425 Å². The van der Waals surface area contributed by atoms with Crippen molar-refractivity contribution in [1.29, 1.82) is 0 Å². The summed E-state index contributed by atoms with van der Waals surface area (Å²) in [6.45, 7) is -0.256. The number of nitrogens with zero attached hydrogens (tertiary/aromatic N) is 5. The maximum atomic E-state index is 2.67. The van der Waals surface area contributed by atoms with Crippen LogP contribution >= 0.6 is 0 Å². The van der Waals surface area contributed by atoms with Gasteiger partial charge < -0.3 is 23.5 Å². The lowest BCUT2D eigenvalue weighted by molar-refractivity contribution is 1.15. The van der Waals surface area contributed by atoms with Crippen molar-refractivity contribution in [2.75, 3.05) is 9.80 Å². The fraction of sp³-hybridized carbons (Fsp3) is 0. The van der Waals surface area contributed by atoms with Gasteiger partial charge in [-0.15, -0.1) is 0 Å². The molecule has 17 aromatic carbocycles. The average Bonchev–Trinajstić information content (AvgIpc) is 0.802. The lowest BCUT2D eigenvalue weighted by Crippen LogP contribution is -2.74. The Balaban J connectivity index is 0.893. The Morgan fingerprint density at radius 2 is 0.409 bits per heavy atom. The summed E-state index contributed by atoms with van der Waals surface area (Å²) in [7, 11) is -6.26. The van der Waals surface area contributed by atoms with Crippen LogP contribution < -0.4 is 67.7 Å². The van der Waals surface area contributed by atoms with E-state index >= 15 is 0 Å². The third-order valence-electron chi connectivity index (χ3n) is 23.9. The molecular formula is C102H70BN5Si2. The molecule has 0 atom stereocenters. The van der Waals surface area contributed by atoms with E-state index in [0.717, 1.165) is 84.3 Å². The van der Waals surface area contributed by atoms with Crippen LogP contribution in [0, 0.1) is 0 Å². The van der Waals surface area contributed by atoms with Gasteiger partial charge in [0, 0.05) is 77.8 Å². The Bertz CT molecular complexity index is 6290. The molecule has 20 aromatic rings. The topological polar surface area (TPSA) is 21.3 Å². The second kappa shape index (κ2) is 25.5. The fourth-order valence-electron chi connectivity index (χ4n) is 19.4. The Morgan fingerprint density at radius 1 is 0.173 bits per heavy atom. The molecule has 5 nitrogen and oxygen atoms in total. The predicted molar refractivity (Wildman–Crippen MR) is 471 cm³/mol. The minimum Gasteiger partial charge on any atom is -0.311 e. The zero-order chi connectivity index (χ0) is 72.4. The SMILES string of the molecule is c1ccc([Si](c2ccccc2)(c2ccccc2)c2cccc(N3c4cc(-n5c6ccccc6c6ccccc65)ccc4B4c5ccc(-n6c7ccccc7c7ccccc76)cc5N(c5cccc([Si](c6ccccc6)(c6ccccc6)c6ccccc6)c5)c5cc(-n6c7ccccc7c7ccccc76)cc3c54)c2)cc1. The Labute approximate surface area is 641 Å². The van der Waals surface area contributed by atoms with Crippen LogP contribution in [0.1, 0.15) is 0 Å². The molecule has 8 heteroatoms. The van der Waals surface area contributed by atoms with Gasteiger partial charge in [0.25, 0.3) is 6.71 Å². The molecule has 0 fully saturated rings. The first kappa shape index (κ1) is 63.5. The number of hydrogen-bond donors (Lipinski definition) is 0. The number of rotatable bonds is 13. The van der Waals surface area contributed by atoms with Gasteiger partial charge in [-0.3, -0.25) is 0 Å². The lowest BCUT2D eigenvalue weighted by Gasteiger charge is -2.45. The van der Waals surface area contributed by atoms with E-state index in [4.69, 9.17) is 0 Å². The van der Waals surface area contributed by atoms with E-state index < -0.39 is 16.1 Å². The molecule has 0 N–H and O–H groups in total. The quantitative estimate of drug-likeness (QED) is 0.0847. The smallest absolute Gasteiger partial charge is 0.252 e. The molecule has 0 radical (unpaired) electrons. The molecule has 110 heavy (non-hydrogen) atoms. The monoisotopic (exact) mass is 1430 g/mol. The average molecular weight is 1430 g/mol. The van der Waals surface area contributed by atoms with Crippen LogP contribution in [-0.4, -0.2) is 36.6 Å². The van der Waals surface area contributed by atoms with Gasteiger partial charge in [-0.05, 0) is 155 Å². The normalized spacial score (nSPS) is 12.7. The largest absolute Gasteiger partial charge is 0.311 e. The van der Waals surface area contributed by atoms with Crippen molar-refractivity contribution in [3.8, 4) is 17.1 Å². The minimum absolute atomic E-state index is 0.256. The standard InChI is InChI=1S/C102H70BN5Si2/c1-7-35-76(36-8-1)109(77-37-9-2-10-38-77,78-39-11-3-12-40-78)82-47-31-33-71(65-82)106-98-67-73(104-92-55-25-19-49-84(92)85-50-20-26-56-93(85)104)61-63-90(98)103-91-64-62-74(105-94-57-27-21-51-86(94)87-52-22-28-58-95(87)105)68-99(91)107(101-70-75(69-100(106)102(101)103)108-96-59-29-23-53-88(96)89-54-24-30-60-97(89)108)72-34-32-48-83(66-72)110(79-41-13-4-14-42-79,80-43-15-5-16-44-80)81-45-17-6-18-46-81/h1-70H. The van der Waals surface area contributed by atoms with Crippen LogP contribution in [0.5, 0.6) is 0 Å². The Hall–Kier alpha value is -13.8. The summed E-state index contributed by atoms with van der Waals surface area (Å²) in [5.41, 5.74) is 20.5. The van der Waals surface area contributed by atoms with Gasteiger partial charge in [-0.1, -0.05) is 328 Å². The first-order valence-electron chi connectivity index (χ1n) is 38.2. The summed E-state index contributed by atoms with van der Waals surface area (Å²) in [4.78, 5) is 5.35. The highest BCUT2D eigenvalue weighted by atomic mass is 28.3. The van der Waals surface area contributed by atoms with E-state index in [1.165, 1.54) is 90.2 Å². The zero-order valence-corrected chi connectivity index (χ0v) is 62.2. The van der Waals surface area contributed by atoms with Crippen molar-refractivity contribution in [3.05, 3.63) is 425 Å². The van der Waals surface area contributed by atoms with Crippen molar-refractivity contribution in [2.24, 2.45) is 0 Å². The molecule has 22 rings (SSSR count). The van der Waals surface area contributed by atoms with E-state index in [1.54, 1.807) is 0 Å². The second-order valence-corrected chi connectivity index (χ2v) is 37.0. The van der Waals surface area contributed by atoms with Gasteiger partial charge in [0.15, 0.2) is 16.1 Å². The fourth-order valence-corrected chi connectivity index (χ4v) is 29.0. The molecule has 0 aliphatic carbocycles. The molecule has 0 unspecified atom stereocenters. The molecule has 0 amide bonds. The highest BCUT2D eigenvalue weighted by Gasteiger charge is 2.48. The first-order chi connectivity index (χ1) is 54.6. The summed E-state index contributed by atoms with van der Waals surface area (Å²) < 4.78 is 7.54. The maximum Gasteiger partial charge on any atom is 0.252 e.